The van der Waals surface area contributed by atoms with Gasteiger partial charge in [0.15, 0.2) is 0 Å². The monoisotopic (exact) mass is 502 g/mol. The van der Waals surface area contributed by atoms with E-state index in [9.17, 15) is 9.59 Å². The van der Waals surface area contributed by atoms with Crippen molar-refractivity contribution in [1.82, 2.24) is 40.6 Å². The fourth-order valence-electron chi connectivity index (χ4n) is 4.02. The summed E-state index contributed by atoms with van der Waals surface area (Å²) in [5.74, 6) is 0.550. The van der Waals surface area contributed by atoms with Crippen LogP contribution in [0.3, 0.4) is 0 Å². The Balaban J connectivity index is 1.50. The van der Waals surface area contributed by atoms with Gasteiger partial charge in [-0.15, -0.1) is 10.2 Å². The molecule has 11 nitrogen and oxygen atoms in total. The second-order valence-corrected chi connectivity index (χ2v) is 8.76. The highest BCUT2D eigenvalue weighted by molar-refractivity contribution is 5.85. The van der Waals surface area contributed by atoms with Crippen LogP contribution in [0.2, 0.25) is 0 Å². The molecule has 2 aromatic carbocycles. The first-order valence-corrected chi connectivity index (χ1v) is 12.2. The van der Waals surface area contributed by atoms with Crippen LogP contribution in [0.4, 0.5) is 0 Å². The zero-order valence-corrected chi connectivity index (χ0v) is 20.7. The maximum absolute atomic E-state index is 13.2. The number of hydroxylamine groups is 1. The maximum atomic E-state index is 13.2. The average Bonchev–Trinajstić information content (AvgIpc) is 3.58. The Morgan fingerprint density at radius 1 is 1.08 bits per heavy atom. The summed E-state index contributed by atoms with van der Waals surface area (Å²) in [5.41, 5.74) is 5.08. The first kappa shape index (κ1) is 25.7. The molecular formula is C26H30N8O3. The largest absolute Gasteiger partial charge is 0.330 e. The number of aryl methyl sites for hydroxylation is 1. The lowest BCUT2D eigenvalue weighted by Crippen LogP contribution is -2.40. The number of carbonyl (C=O) groups excluding carboxylic acids is 2. The van der Waals surface area contributed by atoms with Crippen molar-refractivity contribution in [3.05, 3.63) is 83.4 Å². The van der Waals surface area contributed by atoms with Gasteiger partial charge in [-0.1, -0.05) is 67.9 Å². The molecule has 3 N–H and O–H groups in total. The van der Waals surface area contributed by atoms with E-state index in [0.29, 0.717) is 18.1 Å². The lowest BCUT2D eigenvalue weighted by molar-refractivity contribution is -0.139. The predicted molar refractivity (Wildman–Crippen MR) is 135 cm³/mol. The van der Waals surface area contributed by atoms with Gasteiger partial charge in [-0.05, 0) is 22.8 Å². The number of rotatable bonds is 12. The van der Waals surface area contributed by atoms with E-state index in [1.165, 1.54) is 4.90 Å². The first-order chi connectivity index (χ1) is 18.1. The number of aromatic nitrogens is 6. The topological polar surface area (TPSA) is 142 Å². The van der Waals surface area contributed by atoms with Crippen LogP contribution in [0.1, 0.15) is 42.4 Å². The van der Waals surface area contributed by atoms with Gasteiger partial charge < -0.3 is 9.47 Å². The molecule has 4 aromatic rings. The Hall–Kier alpha value is -4.38. The van der Waals surface area contributed by atoms with Crippen molar-refractivity contribution in [2.45, 2.75) is 45.7 Å². The normalized spacial score (nSPS) is 10.9. The van der Waals surface area contributed by atoms with Gasteiger partial charge in [0.25, 0.3) is 5.91 Å². The second kappa shape index (κ2) is 12.5. The minimum Gasteiger partial charge on any atom is -0.330 e. The Bertz CT molecular complexity index is 1290. The predicted octanol–water partition coefficient (Wildman–Crippen LogP) is 2.53. The number of amides is 2. The van der Waals surface area contributed by atoms with E-state index in [4.69, 9.17) is 10.2 Å². The summed E-state index contributed by atoms with van der Waals surface area (Å²) in [6, 6.07) is 17.3. The zero-order chi connectivity index (χ0) is 26.0. The first-order valence-electron chi connectivity index (χ1n) is 12.2. The Kier molecular flexibility index (Phi) is 8.71. The van der Waals surface area contributed by atoms with Gasteiger partial charge in [0.2, 0.25) is 11.7 Å². The van der Waals surface area contributed by atoms with E-state index in [1.807, 2.05) is 60.8 Å². The SMILES string of the molecule is CCCCc1nc(CC(=O)N(CC(=O)NO)Cc2ccccc2)cn1Cc1ccc(-c2nn[nH]n2)cc1. The Labute approximate surface area is 214 Å². The minimum atomic E-state index is -0.650. The molecule has 0 aliphatic heterocycles. The van der Waals surface area contributed by atoms with Gasteiger partial charge in [0.1, 0.15) is 12.4 Å². The molecule has 37 heavy (non-hydrogen) atoms. The number of hydrogen-bond donors (Lipinski definition) is 3. The third kappa shape index (κ3) is 7.07. The molecule has 4 rings (SSSR count). The van der Waals surface area contributed by atoms with Crippen LogP contribution >= 0.6 is 0 Å². The van der Waals surface area contributed by atoms with Crippen LogP contribution in [-0.2, 0) is 35.5 Å². The number of H-pyrrole nitrogens is 1. The molecule has 0 atom stereocenters. The molecule has 2 heterocycles. The molecule has 11 heteroatoms. The molecule has 192 valence electrons. The maximum Gasteiger partial charge on any atom is 0.262 e. The summed E-state index contributed by atoms with van der Waals surface area (Å²) >= 11 is 0. The van der Waals surface area contributed by atoms with Crippen molar-refractivity contribution in [2.75, 3.05) is 6.54 Å². The molecule has 0 saturated carbocycles. The molecule has 0 bridgehead atoms. The minimum absolute atomic E-state index is 0.0500. The summed E-state index contributed by atoms with van der Waals surface area (Å²) in [7, 11) is 0. The van der Waals surface area contributed by atoms with Crippen LogP contribution < -0.4 is 5.48 Å². The van der Waals surface area contributed by atoms with Gasteiger partial charge in [-0.2, -0.15) is 5.21 Å². The zero-order valence-electron chi connectivity index (χ0n) is 20.7. The highest BCUT2D eigenvalue weighted by Gasteiger charge is 2.20. The number of aromatic amines is 1. The summed E-state index contributed by atoms with van der Waals surface area (Å²) < 4.78 is 2.07. The fraction of sp³-hybridized carbons (Fsp3) is 0.308. The fourth-order valence-corrected chi connectivity index (χ4v) is 4.02. The van der Waals surface area contributed by atoms with E-state index in [1.54, 1.807) is 5.48 Å². The number of nitrogens with one attached hydrogen (secondary N) is 2. The van der Waals surface area contributed by atoms with E-state index < -0.39 is 5.91 Å². The van der Waals surface area contributed by atoms with E-state index in [0.717, 1.165) is 41.8 Å². The molecule has 2 amide bonds. The van der Waals surface area contributed by atoms with Crippen molar-refractivity contribution < 1.29 is 14.8 Å². The third-order valence-corrected chi connectivity index (χ3v) is 5.93. The van der Waals surface area contributed by atoms with E-state index in [-0.39, 0.29) is 25.4 Å². The molecule has 0 fully saturated rings. The number of hydrogen-bond acceptors (Lipinski definition) is 7. The summed E-state index contributed by atoms with van der Waals surface area (Å²) in [4.78, 5) is 31.3. The van der Waals surface area contributed by atoms with Gasteiger partial charge in [0, 0.05) is 31.3 Å². The summed E-state index contributed by atoms with van der Waals surface area (Å²) in [6.45, 7) is 2.74. The highest BCUT2D eigenvalue weighted by Crippen LogP contribution is 2.17. The number of imidazole rings is 1. The van der Waals surface area contributed by atoms with Crippen LogP contribution in [0.25, 0.3) is 11.4 Å². The number of tetrazole rings is 1. The lowest BCUT2D eigenvalue weighted by atomic mass is 10.1. The number of nitrogens with zero attached hydrogens (tertiary/aromatic N) is 6. The second-order valence-electron chi connectivity index (χ2n) is 8.76. The van der Waals surface area contributed by atoms with Gasteiger partial charge >= 0.3 is 0 Å². The number of benzene rings is 2. The van der Waals surface area contributed by atoms with E-state index in [2.05, 4.69) is 32.1 Å². The van der Waals surface area contributed by atoms with Crippen LogP contribution in [0, 0.1) is 0 Å². The standard InChI is InChI=1S/C26H30N8O3/c1-2-3-9-23-27-22(14-25(36)34(18-24(35)30-37)16-19-7-5-4-6-8-19)17-33(23)15-20-10-12-21(13-11-20)26-28-31-32-29-26/h4-8,10-13,17,37H,2-3,9,14-16,18H2,1H3,(H,30,35)(H,28,29,31,32). The molecule has 2 aromatic heterocycles. The van der Waals surface area contributed by atoms with Crippen molar-refractivity contribution >= 4 is 11.8 Å². The van der Waals surface area contributed by atoms with Gasteiger partial charge in [-0.3, -0.25) is 14.8 Å². The molecular weight excluding hydrogens is 472 g/mol. The van der Waals surface area contributed by atoms with Gasteiger partial charge in [0.05, 0.1) is 12.1 Å². The average molecular weight is 503 g/mol. The van der Waals surface area contributed by atoms with Crippen molar-refractivity contribution in [3.63, 3.8) is 0 Å². The quantitative estimate of drug-likeness (QED) is 0.200. The molecule has 0 aliphatic carbocycles. The van der Waals surface area contributed by atoms with E-state index >= 15 is 0 Å². The van der Waals surface area contributed by atoms with Crippen molar-refractivity contribution in [2.24, 2.45) is 0 Å². The van der Waals surface area contributed by atoms with Gasteiger partial charge in [-0.25, -0.2) is 10.5 Å². The summed E-state index contributed by atoms with van der Waals surface area (Å²) in [5, 5.41) is 23.1. The number of carbonyl (C=O) groups is 2. The van der Waals surface area contributed by atoms with Crippen LogP contribution in [0.5, 0.6) is 0 Å². The number of unbranched alkanes of at least 4 members (excludes halogenated alkanes) is 1. The molecule has 0 aliphatic rings. The molecule has 0 unspecified atom stereocenters. The highest BCUT2D eigenvalue weighted by atomic mass is 16.5. The van der Waals surface area contributed by atoms with Crippen LogP contribution in [0.15, 0.2) is 60.8 Å². The molecule has 0 saturated heterocycles. The molecule has 0 radical (unpaired) electrons. The Morgan fingerprint density at radius 2 is 1.86 bits per heavy atom. The van der Waals surface area contributed by atoms with Crippen molar-refractivity contribution in [3.8, 4) is 11.4 Å². The van der Waals surface area contributed by atoms with Crippen LogP contribution in [-0.4, -0.2) is 58.6 Å². The summed E-state index contributed by atoms with van der Waals surface area (Å²) in [6.07, 6.45) is 4.77. The third-order valence-electron chi connectivity index (χ3n) is 5.93. The lowest BCUT2D eigenvalue weighted by Gasteiger charge is -2.21. The smallest absolute Gasteiger partial charge is 0.262 e. The molecule has 0 spiro atoms. The Morgan fingerprint density at radius 3 is 2.54 bits per heavy atom. The van der Waals surface area contributed by atoms with Crippen molar-refractivity contribution in [1.29, 1.82) is 0 Å².